The monoisotopic (exact) mass is 316 g/mol. The number of piperidine rings is 1. The molecular weight excluding hydrogens is 297 g/mol. The summed E-state index contributed by atoms with van der Waals surface area (Å²) in [6.07, 6.45) is 1.27. The predicted octanol–water partition coefficient (Wildman–Crippen LogP) is 2.67. The van der Waals surface area contributed by atoms with E-state index in [1.807, 2.05) is 16.1 Å². The topological polar surface area (TPSA) is 50.2 Å². The minimum atomic E-state index is -4.37. The second-order valence-electron chi connectivity index (χ2n) is 5.97. The molecule has 1 saturated carbocycles. The molecule has 3 rings (SSSR count). The normalized spacial score (nSPS) is 20.2. The lowest BCUT2D eigenvalue weighted by Gasteiger charge is -2.33. The summed E-state index contributed by atoms with van der Waals surface area (Å²) in [6, 6.07) is 1.64. The molecule has 0 atom stereocenters. The van der Waals surface area contributed by atoms with Crippen LogP contribution in [0.15, 0.2) is 12.3 Å². The summed E-state index contributed by atoms with van der Waals surface area (Å²) in [7, 11) is 0. The molecule has 8 heteroatoms. The second kappa shape index (κ2) is 5.81. The quantitative estimate of drug-likeness (QED) is 0.932. The van der Waals surface area contributed by atoms with Crippen molar-refractivity contribution in [2.45, 2.75) is 43.8 Å². The van der Waals surface area contributed by atoms with E-state index in [1.165, 1.54) is 23.4 Å². The molecule has 2 fully saturated rings. The van der Waals surface area contributed by atoms with Crippen LogP contribution in [-0.4, -0.2) is 46.5 Å². The minimum absolute atomic E-state index is 0.234. The summed E-state index contributed by atoms with van der Waals surface area (Å²) in [5, 5.41) is 6.31. The molecule has 0 bridgehead atoms. The molecule has 5 nitrogen and oxygen atoms in total. The molecule has 1 N–H and O–H groups in total. The van der Waals surface area contributed by atoms with E-state index in [1.54, 1.807) is 6.20 Å². The summed E-state index contributed by atoms with van der Waals surface area (Å²) < 4.78 is 38.4. The Morgan fingerprint density at radius 3 is 2.55 bits per heavy atom. The average Bonchev–Trinajstić information content (AvgIpc) is 3.21. The Hall–Kier alpha value is -1.73. The molecule has 1 aliphatic carbocycles. The van der Waals surface area contributed by atoms with Gasteiger partial charge in [-0.2, -0.15) is 18.3 Å². The van der Waals surface area contributed by atoms with Crippen LogP contribution in [0.3, 0.4) is 0 Å². The van der Waals surface area contributed by atoms with Gasteiger partial charge >= 0.3 is 12.2 Å². The van der Waals surface area contributed by atoms with E-state index in [0.717, 1.165) is 12.8 Å². The maximum Gasteiger partial charge on any atom is 0.405 e. The van der Waals surface area contributed by atoms with Gasteiger partial charge in [0, 0.05) is 30.9 Å². The molecule has 2 amide bonds. The van der Waals surface area contributed by atoms with E-state index in [4.69, 9.17) is 0 Å². The third kappa shape index (κ3) is 3.53. The van der Waals surface area contributed by atoms with Crippen LogP contribution in [0.4, 0.5) is 18.0 Å². The van der Waals surface area contributed by atoms with Gasteiger partial charge in [0.05, 0.1) is 6.04 Å². The fraction of sp³-hybridized carbons (Fsp3) is 0.714. The van der Waals surface area contributed by atoms with Crippen LogP contribution in [0.2, 0.25) is 0 Å². The average molecular weight is 316 g/mol. The summed E-state index contributed by atoms with van der Waals surface area (Å²) in [5.41, 5.74) is 1.25. The summed E-state index contributed by atoms with van der Waals surface area (Å²) >= 11 is 0. The lowest BCUT2D eigenvalue weighted by Crippen LogP contribution is -2.47. The van der Waals surface area contributed by atoms with Crippen molar-refractivity contribution in [3.63, 3.8) is 0 Å². The third-order valence-corrected chi connectivity index (χ3v) is 4.23. The fourth-order valence-electron chi connectivity index (χ4n) is 2.93. The van der Waals surface area contributed by atoms with E-state index >= 15 is 0 Å². The number of nitrogens with zero attached hydrogens (tertiary/aromatic N) is 3. The molecular formula is C14H19F3N4O. The van der Waals surface area contributed by atoms with Crippen molar-refractivity contribution in [1.82, 2.24) is 20.0 Å². The minimum Gasteiger partial charge on any atom is -0.329 e. The van der Waals surface area contributed by atoms with Gasteiger partial charge < -0.3 is 10.2 Å². The number of carbonyl (C=O) groups is 1. The number of halogens is 3. The summed E-state index contributed by atoms with van der Waals surface area (Å²) in [5.74, 6) is 0.607. The van der Waals surface area contributed by atoms with Gasteiger partial charge in [-0.05, 0) is 31.7 Å². The Kier molecular flexibility index (Phi) is 4.01. The highest BCUT2D eigenvalue weighted by atomic mass is 19.4. The zero-order chi connectivity index (χ0) is 15.7. The summed E-state index contributed by atoms with van der Waals surface area (Å²) in [4.78, 5) is 13.2. The van der Waals surface area contributed by atoms with Crippen LogP contribution in [0.25, 0.3) is 0 Å². The van der Waals surface area contributed by atoms with Crippen LogP contribution in [0.5, 0.6) is 0 Å². The number of likely N-dealkylation sites (tertiary alicyclic amines) is 1. The van der Waals surface area contributed by atoms with E-state index < -0.39 is 18.8 Å². The first-order chi connectivity index (χ1) is 10.4. The van der Waals surface area contributed by atoms with Gasteiger partial charge in [-0.15, -0.1) is 0 Å². The number of aromatic nitrogens is 2. The number of hydrogen-bond donors (Lipinski definition) is 1. The van der Waals surface area contributed by atoms with Crippen molar-refractivity contribution in [2.24, 2.45) is 0 Å². The highest BCUT2D eigenvalue weighted by Gasteiger charge is 2.32. The van der Waals surface area contributed by atoms with E-state index in [-0.39, 0.29) is 6.04 Å². The highest BCUT2D eigenvalue weighted by molar-refractivity contribution is 5.74. The molecule has 1 aliphatic heterocycles. The van der Waals surface area contributed by atoms with Crippen LogP contribution >= 0.6 is 0 Å². The van der Waals surface area contributed by atoms with E-state index in [0.29, 0.717) is 19.0 Å². The molecule has 0 spiro atoms. The molecule has 122 valence electrons. The highest BCUT2D eigenvalue weighted by Crippen LogP contribution is 2.41. The number of amides is 2. The van der Waals surface area contributed by atoms with Gasteiger partial charge in [-0.1, -0.05) is 0 Å². The maximum absolute atomic E-state index is 12.1. The van der Waals surface area contributed by atoms with Gasteiger partial charge in [0.15, 0.2) is 0 Å². The van der Waals surface area contributed by atoms with Gasteiger partial charge in [0.1, 0.15) is 6.54 Å². The lowest BCUT2D eigenvalue weighted by atomic mass is 10.0. The molecule has 1 saturated heterocycles. The van der Waals surface area contributed by atoms with E-state index in [9.17, 15) is 18.0 Å². The predicted molar refractivity (Wildman–Crippen MR) is 73.5 cm³/mol. The molecule has 1 aromatic heterocycles. The number of hydrogen-bond acceptors (Lipinski definition) is 2. The number of alkyl halides is 3. The SMILES string of the molecule is O=C(NCC(F)(F)F)N1CCC(n2nccc2C2CC2)CC1. The largest absolute Gasteiger partial charge is 0.405 e. The van der Waals surface area contributed by atoms with Crippen molar-refractivity contribution in [3.8, 4) is 0 Å². The first-order valence-corrected chi connectivity index (χ1v) is 7.57. The van der Waals surface area contributed by atoms with Crippen molar-refractivity contribution >= 4 is 6.03 Å². The molecule has 1 aromatic rings. The lowest BCUT2D eigenvalue weighted by molar-refractivity contribution is -0.123. The molecule has 0 radical (unpaired) electrons. The number of carbonyl (C=O) groups excluding carboxylic acids is 1. The number of nitrogens with one attached hydrogen (secondary N) is 1. The van der Waals surface area contributed by atoms with Crippen LogP contribution in [-0.2, 0) is 0 Å². The molecule has 0 unspecified atom stereocenters. The Bertz CT molecular complexity index is 530. The first kappa shape index (κ1) is 15.2. The standard InChI is InChI=1S/C14H19F3N4O/c15-14(16,17)9-18-13(22)20-7-4-11(5-8-20)21-12(3-6-19-21)10-1-2-10/h3,6,10-11H,1-2,4-5,7-9H2,(H,18,22). The Morgan fingerprint density at radius 1 is 1.27 bits per heavy atom. The summed E-state index contributed by atoms with van der Waals surface area (Å²) in [6.45, 7) is -0.368. The zero-order valence-electron chi connectivity index (χ0n) is 12.1. The van der Waals surface area contributed by atoms with Gasteiger partial charge in [0.25, 0.3) is 0 Å². The Labute approximate surface area is 126 Å². The Morgan fingerprint density at radius 2 is 1.95 bits per heavy atom. The zero-order valence-corrected chi connectivity index (χ0v) is 12.1. The smallest absolute Gasteiger partial charge is 0.329 e. The van der Waals surface area contributed by atoms with Crippen LogP contribution in [0.1, 0.15) is 43.3 Å². The third-order valence-electron chi connectivity index (χ3n) is 4.23. The maximum atomic E-state index is 12.1. The van der Waals surface area contributed by atoms with Crippen LogP contribution in [0, 0.1) is 0 Å². The van der Waals surface area contributed by atoms with Crippen molar-refractivity contribution in [3.05, 3.63) is 18.0 Å². The van der Waals surface area contributed by atoms with Crippen molar-refractivity contribution in [1.29, 1.82) is 0 Å². The molecule has 0 aromatic carbocycles. The number of rotatable bonds is 3. The van der Waals surface area contributed by atoms with Gasteiger partial charge in [-0.3, -0.25) is 4.68 Å². The first-order valence-electron chi connectivity index (χ1n) is 7.57. The second-order valence-corrected chi connectivity index (χ2v) is 5.97. The number of urea groups is 1. The van der Waals surface area contributed by atoms with Crippen molar-refractivity contribution < 1.29 is 18.0 Å². The van der Waals surface area contributed by atoms with E-state index in [2.05, 4.69) is 5.10 Å². The van der Waals surface area contributed by atoms with Gasteiger partial charge in [-0.25, -0.2) is 4.79 Å². The van der Waals surface area contributed by atoms with Crippen molar-refractivity contribution in [2.75, 3.05) is 19.6 Å². The Balaban J connectivity index is 1.52. The van der Waals surface area contributed by atoms with Gasteiger partial charge in [0.2, 0.25) is 0 Å². The molecule has 2 heterocycles. The molecule has 2 aliphatic rings. The molecule has 22 heavy (non-hydrogen) atoms. The fourth-order valence-corrected chi connectivity index (χ4v) is 2.93. The van der Waals surface area contributed by atoms with Crippen LogP contribution < -0.4 is 5.32 Å².